The Morgan fingerprint density at radius 2 is 2.12 bits per heavy atom. The summed E-state index contributed by atoms with van der Waals surface area (Å²) >= 11 is 14.7. The summed E-state index contributed by atoms with van der Waals surface area (Å²) in [6, 6.07) is 7.73. The van der Waals surface area contributed by atoms with Crippen LogP contribution in [0.5, 0.6) is 0 Å². The van der Waals surface area contributed by atoms with E-state index in [2.05, 4.69) is 25.9 Å². The molecule has 1 aromatic carbocycles. The van der Waals surface area contributed by atoms with Gasteiger partial charge in [-0.3, -0.25) is 0 Å². The van der Waals surface area contributed by atoms with Crippen LogP contribution in [0.3, 0.4) is 0 Å². The number of aromatic amines is 1. The summed E-state index contributed by atoms with van der Waals surface area (Å²) in [6.45, 7) is 1.96. The van der Waals surface area contributed by atoms with Gasteiger partial charge in [-0.05, 0) is 34.5 Å². The number of benzene rings is 1. The number of hydrogen-bond acceptors (Lipinski definition) is 2. The second kappa shape index (κ2) is 5.29. The lowest BCUT2D eigenvalue weighted by molar-refractivity contribution is 0.926. The van der Waals surface area contributed by atoms with Crippen LogP contribution in [0.25, 0.3) is 0 Å². The summed E-state index contributed by atoms with van der Waals surface area (Å²) in [5.74, 6) is 0.823. The number of rotatable bonds is 2. The summed E-state index contributed by atoms with van der Waals surface area (Å²) in [6.07, 6.45) is 0.650. The normalized spacial score (nSPS) is 10.5. The van der Waals surface area contributed by atoms with Crippen molar-refractivity contribution in [2.75, 3.05) is 0 Å². The van der Waals surface area contributed by atoms with Crippen LogP contribution in [0.2, 0.25) is 5.02 Å². The van der Waals surface area contributed by atoms with E-state index in [1.165, 1.54) is 0 Å². The minimum Gasteiger partial charge on any atom is -0.346 e. The zero-order valence-corrected chi connectivity index (χ0v) is 12.3. The van der Waals surface area contributed by atoms with Gasteiger partial charge in [0.1, 0.15) is 10.5 Å². The highest BCUT2D eigenvalue weighted by atomic mass is 79.9. The Morgan fingerprint density at radius 3 is 2.76 bits per heavy atom. The van der Waals surface area contributed by atoms with Crippen molar-refractivity contribution in [3.8, 4) is 0 Å². The number of aromatic nitrogens is 2. The molecule has 0 spiro atoms. The molecule has 0 aliphatic heterocycles. The lowest BCUT2D eigenvalue weighted by Crippen LogP contribution is -2.00. The number of H-pyrrole nitrogens is 1. The molecule has 0 fully saturated rings. The molecule has 0 aliphatic rings. The first-order valence-electron chi connectivity index (χ1n) is 5.06. The van der Waals surface area contributed by atoms with Crippen LogP contribution >= 0.6 is 39.7 Å². The molecule has 2 nitrogen and oxygen atoms in total. The van der Waals surface area contributed by atoms with Crippen molar-refractivity contribution in [1.82, 2.24) is 9.97 Å². The van der Waals surface area contributed by atoms with Crippen molar-refractivity contribution in [3.05, 3.63) is 55.5 Å². The molecule has 0 saturated heterocycles. The van der Waals surface area contributed by atoms with Gasteiger partial charge in [0.05, 0.1) is 4.47 Å². The molecule has 0 amide bonds. The third-order valence-electron chi connectivity index (χ3n) is 2.40. The highest BCUT2D eigenvalue weighted by Crippen LogP contribution is 2.19. The van der Waals surface area contributed by atoms with E-state index in [0.29, 0.717) is 11.1 Å². The minimum atomic E-state index is 0.573. The fourth-order valence-electron chi connectivity index (χ4n) is 1.54. The quantitative estimate of drug-likeness (QED) is 0.824. The molecule has 0 radical (unpaired) electrons. The second-order valence-electron chi connectivity index (χ2n) is 3.70. The van der Waals surface area contributed by atoms with Crippen molar-refractivity contribution in [2.24, 2.45) is 0 Å². The summed E-state index contributed by atoms with van der Waals surface area (Å²) in [7, 11) is 0. The van der Waals surface area contributed by atoms with E-state index >= 15 is 0 Å². The summed E-state index contributed by atoms with van der Waals surface area (Å²) < 4.78 is 1.42. The van der Waals surface area contributed by atoms with Gasteiger partial charge in [0, 0.05) is 17.1 Å². The van der Waals surface area contributed by atoms with Gasteiger partial charge in [0.25, 0.3) is 0 Å². The van der Waals surface area contributed by atoms with Crippen LogP contribution in [-0.4, -0.2) is 9.97 Å². The first-order chi connectivity index (χ1) is 8.08. The van der Waals surface area contributed by atoms with Crippen molar-refractivity contribution in [3.63, 3.8) is 0 Å². The van der Waals surface area contributed by atoms with Gasteiger partial charge >= 0.3 is 0 Å². The molecule has 1 N–H and O–H groups in total. The predicted octanol–water partition coefficient (Wildman–Crippen LogP) is 4.45. The van der Waals surface area contributed by atoms with Gasteiger partial charge < -0.3 is 4.98 Å². The van der Waals surface area contributed by atoms with Crippen LogP contribution in [0.15, 0.2) is 28.7 Å². The maximum absolute atomic E-state index is 6.11. The Morgan fingerprint density at radius 1 is 1.41 bits per heavy atom. The molecule has 5 heteroatoms. The highest BCUT2D eigenvalue weighted by Gasteiger charge is 2.05. The maximum atomic E-state index is 6.11. The first-order valence-corrected chi connectivity index (χ1v) is 6.64. The maximum Gasteiger partial charge on any atom is 0.144 e. The van der Waals surface area contributed by atoms with E-state index in [4.69, 9.17) is 23.8 Å². The van der Waals surface area contributed by atoms with Gasteiger partial charge in [-0.25, -0.2) is 4.98 Å². The highest BCUT2D eigenvalue weighted by molar-refractivity contribution is 9.10. The molecule has 17 heavy (non-hydrogen) atoms. The molecule has 0 aliphatic carbocycles. The SMILES string of the molecule is Cc1[nH]c(Cc2ccccc2Cl)nc(=S)c1Br. The molecule has 88 valence electrons. The molecular weight excluding hydrogens is 320 g/mol. The van der Waals surface area contributed by atoms with Crippen molar-refractivity contribution in [2.45, 2.75) is 13.3 Å². The van der Waals surface area contributed by atoms with Gasteiger partial charge in [-0.15, -0.1) is 0 Å². The van der Waals surface area contributed by atoms with E-state index < -0.39 is 0 Å². The second-order valence-corrected chi connectivity index (χ2v) is 5.28. The van der Waals surface area contributed by atoms with E-state index in [-0.39, 0.29) is 0 Å². The topological polar surface area (TPSA) is 28.7 Å². The van der Waals surface area contributed by atoms with Gasteiger partial charge in [-0.1, -0.05) is 42.0 Å². The van der Waals surface area contributed by atoms with Gasteiger partial charge in [0.2, 0.25) is 0 Å². The summed E-state index contributed by atoms with van der Waals surface area (Å²) in [4.78, 5) is 7.53. The number of halogens is 2. The average molecular weight is 330 g/mol. The third-order valence-corrected chi connectivity index (χ3v) is 4.30. The Balaban J connectivity index is 2.38. The van der Waals surface area contributed by atoms with Crippen molar-refractivity contribution in [1.29, 1.82) is 0 Å². The lowest BCUT2D eigenvalue weighted by Gasteiger charge is -2.06. The molecular formula is C12H10BrClN2S. The Hall–Kier alpha value is -0.710. The molecule has 1 aromatic heterocycles. The smallest absolute Gasteiger partial charge is 0.144 e. The van der Waals surface area contributed by atoms with Crippen LogP contribution in [-0.2, 0) is 6.42 Å². The summed E-state index contributed by atoms with van der Waals surface area (Å²) in [5, 5.41) is 0.745. The number of hydrogen-bond donors (Lipinski definition) is 1. The number of nitrogens with one attached hydrogen (secondary N) is 1. The van der Waals surface area contributed by atoms with Crippen molar-refractivity contribution >= 4 is 39.7 Å². The van der Waals surface area contributed by atoms with Gasteiger partial charge in [0.15, 0.2) is 0 Å². The predicted molar refractivity (Wildman–Crippen MR) is 76.1 cm³/mol. The van der Waals surface area contributed by atoms with E-state index in [0.717, 1.165) is 26.6 Å². The molecule has 2 aromatic rings. The lowest BCUT2D eigenvalue weighted by atomic mass is 10.1. The fourth-order valence-corrected chi connectivity index (χ4v) is 2.19. The molecule has 2 rings (SSSR count). The van der Waals surface area contributed by atoms with Crippen LogP contribution in [0.4, 0.5) is 0 Å². The molecule has 0 unspecified atom stereocenters. The monoisotopic (exact) mass is 328 g/mol. The average Bonchev–Trinajstić information content (AvgIpc) is 2.29. The summed E-state index contributed by atoms with van der Waals surface area (Å²) in [5.41, 5.74) is 2.01. The van der Waals surface area contributed by atoms with E-state index in [1.807, 2.05) is 31.2 Å². The van der Waals surface area contributed by atoms with E-state index in [1.54, 1.807) is 0 Å². The molecule has 0 atom stereocenters. The third kappa shape index (κ3) is 2.94. The van der Waals surface area contributed by atoms with Crippen molar-refractivity contribution < 1.29 is 0 Å². The Bertz CT molecular complexity index is 610. The largest absolute Gasteiger partial charge is 0.346 e. The standard InChI is InChI=1S/C12H10BrClN2S/c1-7-11(13)12(17)16-10(15-7)6-8-4-2-3-5-9(8)14/h2-5H,6H2,1H3,(H,15,16,17). The van der Waals surface area contributed by atoms with Crippen LogP contribution in [0.1, 0.15) is 17.1 Å². The number of aryl methyl sites for hydroxylation is 1. The van der Waals surface area contributed by atoms with Crippen LogP contribution in [0, 0.1) is 11.6 Å². The Kier molecular flexibility index (Phi) is 3.97. The first kappa shape index (κ1) is 12.7. The molecule has 0 bridgehead atoms. The van der Waals surface area contributed by atoms with Crippen LogP contribution < -0.4 is 0 Å². The number of nitrogens with zero attached hydrogens (tertiary/aromatic N) is 1. The fraction of sp³-hybridized carbons (Fsp3) is 0.167. The zero-order valence-electron chi connectivity index (χ0n) is 9.13. The van der Waals surface area contributed by atoms with Gasteiger partial charge in [-0.2, -0.15) is 0 Å². The Labute approximate surface area is 118 Å². The molecule has 1 heterocycles. The minimum absolute atomic E-state index is 0.573. The zero-order chi connectivity index (χ0) is 12.4. The van der Waals surface area contributed by atoms with E-state index in [9.17, 15) is 0 Å². The molecule has 0 saturated carbocycles.